The molecule has 0 bridgehead atoms. The molecule has 0 aliphatic rings. The first-order chi connectivity index (χ1) is 12.0. The number of hydrogen-bond acceptors (Lipinski definition) is 5. The molecule has 0 aromatic heterocycles. The van der Waals surface area contributed by atoms with Crippen molar-refractivity contribution in [2.45, 2.75) is 53.2 Å². The second kappa shape index (κ2) is 9.22. The number of nitrogens with one attached hydrogen (secondary N) is 2. The van der Waals surface area contributed by atoms with E-state index in [1.165, 1.54) is 6.92 Å². The number of benzene rings is 1. The van der Waals surface area contributed by atoms with Crippen molar-refractivity contribution in [1.82, 2.24) is 10.6 Å². The molecule has 3 amide bonds. The second-order valence-corrected chi connectivity index (χ2v) is 7.47. The highest BCUT2D eigenvalue weighted by atomic mass is 16.5. The lowest BCUT2D eigenvalue weighted by molar-refractivity contribution is -0.127. The molecule has 0 unspecified atom stereocenters. The predicted octanol–water partition coefficient (Wildman–Crippen LogP) is 2.89. The normalized spacial score (nSPS) is 12.3. The SMILES string of the molecule is CC(C)COc1cccc(C(=O)O[C@H](C)C(=O)NC(=O)NC(C)(C)C)c1. The Morgan fingerprint density at radius 1 is 1.12 bits per heavy atom. The highest BCUT2D eigenvalue weighted by Crippen LogP contribution is 2.15. The standard InChI is InChI=1S/C19H28N2O5/c1-12(2)11-25-15-9-7-8-14(10-15)17(23)26-13(3)16(22)20-18(24)21-19(4,5)6/h7-10,12-13H,11H2,1-6H3,(H2,20,21,22,24)/t13-/m1/s1. The third kappa shape index (κ3) is 8.00. The molecule has 0 heterocycles. The monoisotopic (exact) mass is 364 g/mol. The lowest BCUT2D eigenvalue weighted by Gasteiger charge is -2.21. The molecule has 0 aliphatic heterocycles. The van der Waals surface area contributed by atoms with Crippen LogP contribution in [-0.4, -0.2) is 36.2 Å². The quantitative estimate of drug-likeness (QED) is 0.757. The van der Waals surface area contributed by atoms with E-state index < -0.39 is 29.6 Å². The zero-order chi connectivity index (χ0) is 19.9. The summed E-state index contributed by atoms with van der Waals surface area (Å²) < 4.78 is 10.7. The van der Waals surface area contributed by atoms with Crippen LogP contribution in [0.2, 0.25) is 0 Å². The summed E-state index contributed by atoms with van der Waals surface area (Å²) in [5, 5.41) is 4.74. The van der Waals surface area contributed by atoms with Gasteiger partial charge < -0.3 is 14.8 Å². The summed E-state index contributed by atoms with van der Waals surface area (Å²) in [4.78, 5) is 35.9. The number of carbonyl (C=O) groups is 3. The maximum absolute atomic E-state index is 12.2. The molecule has 1 aromatic carbocycles. The van der Waals surface area contributed by atoms with Gasteiger partial charge in [0, 0.05) is 5.54 Å². The molecular weight excluding hydrogens is 336 g/mol. The van der Waals surface area contributed by atoms with E-state index in [-0.39, 0.29) is 5.56 Å². The summed E-state index contributed by atoms with van der Waals surface area (Å²) in [5.74, 6) is -0.463. The fraction of sp³-hybridized carbons (Fsp3) is 0.526. The Bertz CT molecular complexity index is 650. The van der Waals surface area contributed by atoms with Gasteiger partial charge in [-0.3, -0.25) is 10.1 Å². The van der Waals surface area contributed by atoms with Crippen molar-refractivity contribution in [2.24, 2.45) is 5.92 Å². The third-order valence-electron chi connectivity index (χ3n) is 3.03. The molecule has 7 heteroatoms. The number of ether oxygens (including phenoxy) is 2. The number of rotatable bonds is 6. The van der Waals surface area contributed by atoms with Crippen molar-refractivity contribution >= 4 is 17.9 Å². The van der Waals surface area contributed by atoms with Gasteiger partial charge >= 0.3 is 12.0 Å². The van der Waals surface area contributed by atoms with E-state index in [1.807, 2.05) is 13.8 Å². The van der Waals surface area contributed by atoms with E-state index in [2.05, 4.69) is 10.6 Å². The number of urea groups is 1. The predicted molar refractivity (Wildman–Crippen MR) is 98.1 cm³/mol. The molecule has 0 radical (unpaired) electrons. The van der Waals surface area contributed by atoms with Gasteiger partial charge in [0.15, 0.2) is 6.10 Å². The van der Waals surface area contributed by atoms with Crippen LogP contribution in [-0.2, 0) is 9.53 Å². The fourth-order valence-electron chi connectivity index (χ4n) is 1.84. The minimum Gasteiger partial charge on any atom is -0.493 e. The molecule has 0 aliphatic carbocycles. The molecule has 7 nitrogen and oxygen atoms in total. The van der Waals surface area contributed by atoms with E-state index in [4.69, 9.17) is 9.47 Å². The molecule has 26 heavy (non-hydrogen) atoms. The van der Waals surface area contributed by atoms with Gasteiger partial charge in [-0.25, -0.2) is 9.59 Å². The Morgan fingerprint density at radius 2 is 1.77 bits per heavy atom. The van der Waals surface area contributed by atoms with Gasteiger partial charge in [-0.15, -0.1) is 0 Å². The second-order valence-electron chi connectivity index (χ2n) is 7.47. The molecular formula is C19H28N2O5. The van der Waals surface area contributed by atoms with E-state index in [1.54, 1.807) is 45.0 Å². The number of amides is 3. The van der Waals surface area contributed by atoms with Crippen LogP contribution < -0.4 is 15.4 Å². The summed E-state index contributed by atoms with van der Waals surface area (Å²) in [5.41, 5.74) is -0.217. The Labute approximate surface area is 154 Å². The van der Waals surface area contributed by atoms with Crippen LogP contribution in [0.15, 0.2) is 24.3 Å². The smallest absolute Gasteiger partial charge is 0.339 e. The zero-order valence-corrected chi connectivity index (χ0v) is 16.2. The summed E-state index contributed by atoms with van der Waals surface area (Å²) >= 11 is 0. The van der Waals surface area contributed by atoms with Crippen molar-refractivity contribution in [3.8, 4) is 5.75 Å². The summed E-state index contributed by atoms with van der Waals surface area (Å²) in [6, 6.07) is 5.90. The maximum atomic E-state index is 12.2. The average molecular weight is 364 g/mol. The topological polar surface area (TPSA) is 93.7 Å². The molecule has 144 valence electrons. The molecule has 0 saturated carbocycles. The van der Waals surface area contributed by atoms with Crippen molar-refractivity contribution < 1.29 is 23.9 Å². The van der Waals surface area contributed by atoms with E-state index >= 15 is 0 Å². The van der Waals surface area contributed by atoms with Gasteiger partial charge in [0.2, 0.25) is 0 Å². The molecule has 1 rings (SSSR count). The third-order valence-corrected chi connectivity index (χ3v) is 3.03. The molecule has 1 aromatic rings. The van der Waals surface area contributed by atoms with Crippen molar-refractivity contribution in [1.29, 1.82) is 0 Å². The highest BCUT2D eigenvalue weighted by molar-refractivity contribution is 5.98. The van der Waals surface area contributed by atoms with Gasteiger partial charge in [-0.05, 0) is 51.8 Å². The molecule has 1 atom stereocenters. The first-order valence-electron chi connectivity index (χ1n) is 8.55. The highest BCUT2D eigenvalue weighted by Gasteiger charge is 2.22. The average Bonchev–Trinajstić information content (AvgIpc) is 2.51. The summed E-state index contributed by atoms with van der Waals surface area (Å²) in [6.45, 7) is 11.3. The van der Waals surface area contributed by atoms with Crippen LogP contribution in [0.4, 0.5) is 4.79 Å². The Morgan fingerprint density at radius 3 is 2.35 bits per heavy atom. The van der Waals surface area contributed by atoms with Crippen LogP contribution in [0, 0.1) is 5.92 Å². The Kier molecular flexibility index (Phi) is 7.61. The van der Waals surface area contributed by atoms with E-state index in [0.717, 1.165) is 0 Å². The molecule has 0 spiro atoms. The first-order valence-corrected chi connectivity index (χ1v) is 8.55. The van der Waals surface area contributed by atoms with Crippen LogP contribution in [0.5, 0.6) is 5.75 Å². The summed E-state index contributed by atoms with van der Waals surface area (Å²) in [6.07, 6.45) is -1.12. The van der Waals surface area contributed by atoms with Crippen LogP contribution in [0.25, 0.3) is 0 Å². The minimum absolute atomic E-state index is 0.269. The van der Waals surface area contributed by atoms with Crippen LogP contribution in [0.3, 0.4) is 0 Å². The molecule has 0 fully saturated rings. The fourth-order valence-corrected chi connectivity index (χ4v) is 1.84. The first kappa shape index (κ1) is 21.5. The molecule has 0 saturated heterocycles. The maximum Gasteiger partial charge on any atom is 0.339 e. The van der Waals surface area contributed by atoms with Crippen LogP contribution >= 0.6 is 0 Å². The van der Waals surface area contributed by atoms with Crippen molar-refractivity contribution in [3.63, 3.8) is 0 Å². The number of carbonyl (C=O) groups excluding carboxylic acids is 3. The number of hydrogen-bond donors (Lipinski definition) is 2. The summed E-state index contributed by atoms with van der Waals surface area (Å²) in [7, 11) is 0. The van der Waals surface area contributed by atoms with Crippen molar-refractivity contribution in [2.75, 3.05) is 6.61 Å². The van der Waals surface area contributed by atoms with Gasteiger partial charge in [0.05, 0.1) is 12.2 Å². The van der Waals surface area contributed by atoms with Gasteiger partial charge in [-0.2, -0.15) is 0 Å². The number of imide groups is 1. The zero-order valence-electron chi connectivity index (χ0n) is 16.2. The van der Waals surface area contributed by atoms with E-state index in [9.17, 15) is 14.4 Å². The lowest BCUT2D eigenvalue weighted by atomic mass is 10.1. The largest absolute Gasteiger partial charge is 0.493 e. The van der Waals surface area contributed by atoms with Crippen molar-refractivity contribution in [3.05, 3.63) is 29.8 Å². The number of esters is 1. The van der Waals surface area contributed by atoms with Crippen LogP contribution in [0.1, 0.15) is 51.9 Å². The molecule has 2 N–H and O–H groups in total. The Balaban J connectivity index is 2.62. The van der Waals surface area contributed by atoms with Gasteiger partial charge in [0.25, 0.3) is 5.91 Å². The van der Waals surface area contributed by atoms with Gasteiger partial charge in [0.1, 0.15) is 5.75 Å². The van der Waals surface area contributed by atoms with E-state index in [0.29, 0.717) is 18.3 Å². The minimum atomic E-state index is -1.12. The lowest BCUT2D eigenvalue weighted by Crippen LogP contribution is -2.50. The Hall–Kier alpha value is -2.57. The van der Waals surface area contributed by atoms with Gasteiger partial charge in [-0.1, -0.05) is 19.9 Å².